The lowest BCUT2D eigenvalue weighted by Gasteiger charge is -2.37. The second-order valence-corrected chi connectivity index (χ2v) is 10.2. The van der Waals surface area contributed by atoms with E-state index in [2.05, 4.69) is 33.5 Å². The molecule has 1 aliphatic heterocycles. The molecule has 1 saturated heterocycles. The highest BCUT2D eigenvalue weighted by atomic mass is 32.1. The average molecular weight is 544 g/mol. The van der Waals surface area contributed by atoms with Gasteiger partial charge in [0.1, 0.15) is 17.3 Å². The zero-order valence-corrected chi connectivity index (χ0v) is 23.1. The van der Waals surface area contributed by atoms with E-state index in [-0.39, 0.29) is 12.5 Å². The minimum atomic E-state index is 0.102. The summed E-state index contributed by atoms with van der Waals surface area (Å²) < 4.78 is 15.2. The van der Waals surface area contributed by atoms with Gasteiger partial charge in [0, 0.05) is 56.4 Å². The zero-order valence-electron chi connectivity index (χ0n) is 22.3. The minimum absolute atomic E-state index is 0.102. The van der Waals surface area contributed by atoms with E-state index < -0.39 is 0 Å². The van der Waals surface area contributed by atoms with Crippen LogP contribution in [0, 0.1) is 0 Å². The van der Waals surface area contributed by atoms with Gasteiger partial charge in [-0.15, -0.1) is 0 Å². The summed E-state index contributed by atoms with van der Waals surface area (Å²) in [7, 11) is 3.33. The molecule has 1 fully saturated rings. The van der Waals surface area contributed by atoms with Crippen molar-refractivity contribution in [2.24, 2.45) is 0 Å². The van der Waals surface area contributed by atoms with E-state index in [4.69, 9.17) is 14.5 Å². The van der Waals surface area contributed by atoms with Crippen LogP contribution in [-0.2, 0) is 17.8 Å². The molecule has 2 heterocycles. The Morgan fingerprint density at radius 2 is 1.59 bits per heavy atom. The molecule has 0 bridgehead atoms. The molecular weight excluding hydrogens is 510 g/mol. The SMILES string of the molecule is COc1ccc(N2CCN(C(=O)CN(Cc3ccccc3)c3nc(Cc4cccc(OC)c4)ns3)CC2)cc1. The molecule has 0 aliphatic carbocycles. The Bertz CT molecular complexity index is 1350. The Hall–Kier alpha value is -4.11. The molecule has 0 spiro atoms. The van der Waals surface area contributed by atoms with E-state index >= 15 is 0 Å². The zero-order chi connectivity index (χ0) is 27.0. The third-order valence-corrected chi connectivity index (χ3v) is 7.65. The lowest BCUT2D eigenvalue weighted by atomic mass is 10.1. The van der Waals surface area contributed by atoms with E-state index in [1.807, 2.05) is 64.4 Å². The molecule has 0 atom stereocenters. The summed E-state index contributed by atoms with van der Waals surface area (Å²) >= 11 is 1.34. The molecule has 0 saturated carbocycles. The van der Waals surface area contributed by atoms with Crippen LogP contribution in [0.1, 0.15) is 17.0 Å². The van der Waals surface area contributed by atoms with Crippen LogP contribution in [0.2, 0.25) is 0 Å². The third-order valence-electron chi connectivity index (χ3n) is 6.84. The highest BCUT2D eigenvalue weighted by Gasteiger charge is 2.25. The van der Waals surface area contributed by atoms with Crippen LogP contribution in [0.5, 0.6) is 11.5 Å². The Morgan fingerprint density at radius 3 is 2.31 bits per heavy atom. The van der Waals surface area contributed by atoms with Crippen LogP contribution in [-0.4, -0.2) is 67.1 Å². The van der Waals surface area contributed by atoms with Gasteiger partial charge in [-0.25, -0.2) is 4.98 Å². The average Bonchev–Trinajstić information content (AvgIpc) is 3.46. The summed E-state index contributed by atoms with van der Waals surface area (Å²) in [5, 5.41) is 0.752. The number of hydrogen-bond acceptors (Lipinski definition) is 8. The summed E-state index contributed by atoms with van der Waals surface area (Å²) in [5.41, 5.74) is 3.35. The number of anilines is 2. The second-order valence-electron chi connectivity index (χ2n) is 9.43. The van der Waals surface area contributed by atoms with E-state index in [0.29, 0.717) is 26.1 Å². The van der Waals surface area contributed by atoms with Gasteiger partial charge in [-0.3, -0.25) is 4.79 Å². The van der Waals surface area contributed by atoms with Crippen molar-refractivity contribution in [3.8, 4) is 11.5 Å². The Morgan fingerprint density at radius 1 is 0.872 bits per heavy atom. The van der Waals surface area contributed by atoms with Gasteiger partial charge in [0.25, 0.3) is 0 Å². The molecule has 4 aromatic rings. The standard InChI is InChI=1S/C30H33N5O3S/c1-37-26-13-11-25(12-14-26)33-15-17-34(18-16-33)29(36)22-35(21-23-7-4-3-5-8-23)30-31-28(32-39-30)20-24-9-6-10-27(19-24)38-2/h3-14,19H,15-18,20-22H2,1-2H3. The van der Waals surface area contributed by atoms with Crippen molar-refractivity contribution in [1.29, 1.82) is 0 Å². The fraction of sp³-hybridized carbons (Fsp3) is 0.300. The number of aromatic nitrogens is 2. The van der Waals surface area contributed by atoms with Gasteiger partial charge in [0.2, 0.25) is 11.0 Å². The van der Waals surface area contributed by atoms with Crippen molar-refractivity contribution >= 4 is 28.3 Å². The molecule has 0 radical (unpaired) electrons. The number of carbonyl (C=O) groups excluding carboxylic acids is 1. The summed E-state index contributed by atoms with van der Waals surface area (Å²) in [6, 6.07) is 26.2. The molecule has 39 heavy (non-hydrogen) atoms. The first-order valence-electron chi connectivity index (χ1n) is 13.0. The first-order valence-corrected chi connectivity index (χ1v) is 13.8. The van der Waals surface area contributed by atoms with Gasteiger partial charge >= 0.3 is 0 Å². The van der Waals surface area contributed by atoms with Crippen molar-refractivity contribution in [2.45, 2.75) is 13.0 Å². The molecular formula is C30H33N5O3S. The lowest BCUT2D eigenvalue weighted by molar-refractivity contribution is -0.130. The molecule has 1 amide bonds. The maximum absolute atomic E-state index is 13.5. The maximum Gasteiger partial charge on any atom is 0.242 e. The third kappa shape index (κ3) is 6.86. The van der Waals surface area contributed by atoms with Gasteiger partial charge in [-0.1, -0.05) is 42.5 Å². The van der Waals surface area contributed by atoms with Gasteiger partial charge in [-0.05, 0) is 47.5 Å². The smallest absolute Gasteiger partial charge is 0.242 e. The molecule has 9 heteroatoms. The molecule has 5 rings (SSSR count). The first-order chi connectivity index (χ1) is 19.1. The topological polar surface area (TPSA) is 71.0 Å². The quantitative estimate of drug-likeness (QED) is 0.292. The van der Waals surface area contributed by atoms with Crippen LogP contribution in [0.25, 0.3) is 0 Å². The number of piperazine rings is 1. The van der Waals surface area contributed by atoms with Crippen molar-refractivity contribution < 1.29 is 14.3 Å². The van der Waals surface area contributed by atoms with Gasteiger partial charge < -0.3 is 24.2 Å². The first kappa shape index (κ1) is 26.5. The van der Waals surface area contributed by atoms with E-state index in [1.54, 1.807) is 14.2 Å². The Balaban J connectivity index is 1.25. The van der Waals surface area contributed by atoms with Gasteiger partial charge in [-0.2, -0.15) is 4.37 Å². The molecule has 202 valence electrons. The molecule has 1 aromatic heterocycles. The lowest BCUT2D eigenvalue weighted by Crippen LogP contribution is -2.51. The number of carbonyl (C=O) groups is 1. The summed E-state index contributed by atoms with van der Waals surface area (Å²) in [6.45, 7) is 3.79. The number of rotatable bonds is 10. The largest absolute Gasteiger partial charge is 0.497 e. The molecule has 0 N–H and O–H groups in total. The molecule has 0 unspecified atom stereocenters. The van der Waals surface area contributed by atoms with Crippen molar-refractivity contribution in [2.75, 3.05) is 56.7 Å². The number of ether oxygens (including phenoxy) is 2. The van der Waals surface area contributed by atoms with Crippen molar-refractivity contribution in [1.82, 2.24) is 14.3 Å². The number of nitrogens with zero attached hydrogens (tertiary/aromatic N) is 5. The minimum Gasteiger partial charge on any atom is -0.497 e. The maximum atomic E-state index is 13.5. The van der Waals surface area contributed by atoms with E-state index in [9.17, 15) is 4.79 Å². The number of methoxy groups -OCH3 is 2. The summed E-state index contributed by atoms with van der Waals surface area (Å²) in [5.74, 6) is 2.49. The predicted molar refractivity (Wildman–Crippen MR) is 155 cm³/mol. The highest BCUT2D eigenvalue weighted by molar-refractivity contribution is 7.09. The predicted octanol–water partition coefficient (Wildman–Crippen LogP) is 4.50. The fourth-order valence-corrected chi connectivity index (χ4v) is 5.36. The van der Waals surface area contributed by atoms with Crippen LogP contribution in [0.3, 0.4) is 0 Å². The van der Waals surface area contributed by atoms with Crippen molar-refractivity contribution in [3.63, 3.8) is 0 Å². The number of hydrogen-bond donors (Lipinski definition) is 0. The highest BCUT2D eigenvalue weighted by Crippen LogP contribution is 2.24. The van der Waals surface area contributed by atoms with Crippen LogP contribution >= 0.6 is 11.5 Å². The normalized spacial score (nSPS) is 13.3. The van der Waals surface area contributed by atoms with Crippen LogP contribution < -0.4 is 19.3 Å². The second kappa shape index (κ2) is 12.6. The molecule has 8 nitrogen and oxygen atoms in total. The van der Waals surface area contributed by atoms with Gasteiger partial charge in [0.05, 0.1) is 20.8 Å². The van der Waals surface area contributed by atoms with E-state index in [0.717, 1.165) is 52.4 Å². The Kier molecular flexibility index (Phi) is 8.58. The van der Waals surface area contributed by atoms with E-state index in [1.165, 1.54) is 11.5 Å². The van der Waals surface area contributed by atoms with Crippen LogP contribution in [0.15, 0.2) is 78.9 Å². The number of amides is 1. The van der Waals surface area contributed by atoms with Crippen molar-refractivity contribution in [3.05, 3.63) is 95.8 Å². The monoisotopic (exact) mass is 543 g/mol. The molecule has 1 aliphatic rings. The Labute approximate surface area is 233 Å². The summed E-state index contributed by atoms with van der Waals surface area (Å²) in [6.07, 6.45) is 0.605. The van der Waals surface area contributed by atoms with Crippen LogP contribution in [0.4, 0.5) is 10.8 Å². The van der Waals surface area contributed by atoms with Gasteiger partial charge in [0.15, 0.2) is 0 Å². The molecule has 3 aromatic carbocycles. The summed E-state index contributed by atoms with van der Waals surface area (Å²) in [4.78, 5) is 24.6. The fourth-order valence-electron chi connectivity index (χ4n) is 4.68. The number of benzene rings is 3.